The first kappa shape index (κ1) is 51.6. The predicted molar refractivity (Wildman–Crippen MR) is 245 cm³/mol. The summed E-state index contributed by atoms with van der Waals surface area (Å²) in [6.45, 7) is 20.5. The molecule has 6 atom stereocenters. The number of methoxy groups -OCH3 is 1. The quantitative estimate of drug-likeness (QED) is 0.0310. The van der Waals surface area contributed by atoms with Crippen LogP contribution in [0.1, 0.15) is 169 Å². The molecule has 3 heterocycles. The molecule has 0 aromatic heterocycles. The van der Waals surface area contributed by atoms with E-state index in [0.717, 1.165) is 121 Å². The third-order valence-electron chi connectivity index (χ3n) is 13.0. The normalized spacial score (nSPS) is 23.2. The van der Waals surface area contributed by atoms with Crippen LogP contribution in [0.3, 0.4) is 0 Å². The van der Waals surface area contributed by atoms with Crippen LogP contribution in [0.15, 0.2) is 36.6 Å². The first-order chi connectivity index (χ1) is 29.2. The number of esters is 1. The van der Waals surface area contributed by atoms with Crippen molar-refractivity contribution < 1.29 is 47.1 Å². The third-order valence-corrected chi connectivity index (χ3v) is 17.6. The second-order valence-electron chi connectivity index (χ2n) is 19.8. The molecule has 3 aliphatic heterocycles. The van der Waals surface area contributed by atoms with Crippen molar-refractivity contribution in [3.05, 3.63) is 42.2 Å². The van der Waals surface area contributed by atoms with Crippen LogP contribution in [0, 0.1) is 5.92 Å². The Bertz CT molecular complexity index is 1370. The highest BCUT2D eigenvalue weighted by Crippen LogP contribution is 2.46. The van der Waals surface area contributed by atoms with Crippen LogP contribution < -0.4 is 4.74 Å². The molecule has 3 aliphatic rings. The molecule has 0 radical (unpaired) electrons. The summed E-state index contributed by atoms with van der Waals surface area (Å²) >= 11 is 0. The van der Waals surface area contributed by atoms with Crippen LogP contribution in [-0.2, 0) is 49.0 Å². The van der Waals surface area contributed by atoms with Crippen molar-refractivity contribution in [2.75, 3.05) is 26.9 Å². The average Bonchev–Trinajstić information content (AvgIpc) is 3.82. The fraction of sp³-hybridized carbons (Fsp3) is 0.820. The summed E-state index contributed by atoms with van der Waals surface area (Å²) in [6.07, 6.45) is 21.8. The Kier molecular flexibility index (Phi) is 22.6. The Morgan fingerprint density at radius 1 is 0.869 bits per heavy atom. The summed E-state index contributed by atoms with van der Waals surface area (Å²) in [5, 5.41) is 0.238. The van der Waals surface area contributed by atoms with Crippen molar-refractivity contribution >= 4 is 14.3 Å². The number of benzene rings is 1. The molecule has 4 rings (SSSR count). The smallest absolute Gasteiger partial charge is 0.306 e. The molecule has 0 spiro atoms. The topological polar surface area (TPSA) is 100 Å². The molecule has 2 bridgehead atoms. The van der Waals surface area contributed by atoms with E-state index in [1.54, 1.807) is 7.11 Å². The number of carbonyl (C=O) groups is 1. The fourth-order valence-electron chi connectivity index (χ4n) is 8.51. The van der Waals surface area contributed by atoms with Gasteiger partial charge in [0.05, 0.1) is 51.5 Å². The van der Waals surface area contributed by atoms with Crippen LogP contribution in [-0.4, -0.2) is 83.8 Å². The van der Waals surface area contributed by atoms with Crippen molar-refractivity contribution in [1.82, 2.24) is 0 Å². The molecule has 3 saturated heterocycles. The first-order valence-electron chi connectivity index (χ1n) is 24.2. The van der Waals surface area contributed by atoms with Crippen LogP contribution in [0.2, 0.25) is 18.1 Å². The van der Waals surface area contributed by atoms with Gasteiger partial charge in [0, 0.05) is 32.3 Å². The molecule has 1 aromatic carbocycles. The largest absolute Gasteiger partial charge is 0.497 e. The van der Waals surface area contributed by atoms with Gasteiger partial charge in [-0.3, -0.25) is 4.79 Å². The molecule has 350 valence electrons. The van der Waals surface area contributed by atoms with Crippen molar-refractivity contribution in [2.24, 2.45) is 5.92 Å². The van der Waals surface area contributed by atoms with Crippen LogP contribution >= 0.6 is 0 Å². The van der Waals surface area contributed by atoms with Gasteiger partial charge in [-0.25, -0.2) is 0 Å². The standard InChI is InChI=1S/C50H86O10Si/c1-10-31-53-43(22-17-12-14-21-32-57-61(8,9)49(4,5)6)44(56-38-40-26-28-41(52-7)29-27-40)23-16-11-13-20-30-50-37-42(58-47(51)35-39(2)3)36-46(60-50)45(59-50)24-18-15-19-25-48-54-33-34-55-48/h10,26-29,31,39,42-46,48H,11-25,30,32-38H2,1-9H3/b31-10+/t42?,43?,44-,45+,46+,50-/m0/s1. The second kappa shape index (κ2) is 26.7. The lowest BCUT2D eigenvalue weighted by molar-refractivity contribution is -0.223. The molecule has 0 amide bonds. The summed E-state index contributed by atoms with van der Waals surface area (Å²) < 4.78 is 55.7. The Balaban J connectivity index is 1.28. The van der Waals surface area contributed by atoms with Gasteiger partial charge < -0.3 is 42.3 Å². The van der Waals surface area contributed by atoms with E-state index in [1.807, 2.05) is 31.4 Å². The lowest BCUT2D eigenvalue weighted by Gasteiger charge is -2.36. The Morgan fingerprint density at radius 2 is 1.52 bits per heavy atom. The van der Waals surface area contributed by atoms with Crippen LogP contribution in [0.5, 0.6) is 5.75 Å². The molecular weight excluding hydrogens is 789 g/mol. The van der Waals surface area contributed by atoms with Crippen molar-refractivity contribution in [1.29, 1.82) is 0 Å². The molecule has 11 heteroatoms. The molecule has 0 saturated carbocycles. The SMILES string of the molecule is C/C=C/OC(CCCCCCO[Si](C)(C)C(C)(C)C)[C@H](CCCCCC[C@@]12CC(OC(=O)CC(C)C)C[C@@H](O1)[C@@H](CCCCCC1OCCO1)O2)OCc1ccc(OC)cc1. The summed E-state index contributed by atoms with van der Waals surface area (Å²) in [7, 11) is -0.0183. The summed E-state index contributed by atoms with van der Waals surface area (Å²) in [5.74, 6) is 0.309. The van der Waals surface area contributed by atoms with E-state index >= 15 is 0 Å². The van der Waals surface area contributed by atoms with Gasteiger partial charge in [-0.2, -0.15) is 0 Å². The number of fused-ring (bicyclic) bond motifs is 2. The molecular formula is C50H86O10Si. The van der Waals surface area contributed by atoms with E-state index in [1.165, 1.54) is 0 Å². The van der Waals surface area contributed by atoms with E-state index in [9.17, 15) is 4.79 Å². The summed E-state index contributed by atoms with van der Waals surface area (Å²) in [4.78, 5) is 12.8. The predicted octanol–water partition coefficient (Wildman–Crippen LogP) is 12.4. The monoisotopic (exact) mass is 875 g/mol. The van der Waals surface area contributed by atoms with E-state index in [4.69, 9.17) is 42.3 Å². The number of hydrogen-bond donors (Lipinski definition) is 0. The molecule has 10 nitrogen and oxygen atoms in total. The first-order valence-corrected chi connectivity index (χ1v) is 27.1. The number of allylic oxidation sites excluding steroid dienone is 1. The maximum atomic E-state index is 12.8. The van der Waals surface area contributed by atoms with Crippen molar-refractivity contribution in [2.45, 2.75) is 231 Å². The average molecular weight is 875 g/mol. The van der Waals surface area contributed by atoms with Gasteiger partial charge in [-0.15, -0.1) is 0 Å². The molecule has 0 aliphatic carbocycles. The number of hydrogen-bond acceptors (Lipinski definition) is 10. The molecule has 2 unspecified atom stereocenters. The lowest BCUT2D eigenvalue weighted by Crippen LogP contribution is -2.42. The van der Waals surface area contributed by atoms with E-state index in [2.05, 4.69) is 59.8 Å². The minimum absolute atomic E-state index is 0.0204. The second-order valence-corrected chi connectivity index (χ2v) is 24.6. The zero-order chi connectivity index (χ0) is 44.1. The Labute approximate surface area is 371 Å². The van der Waals surface area contributed by atoms with Crippen LogP contribution in [0.4, 0.5) is 0 Å². The summed E-state index contributed by atoms with van der Waals surface area (Å²) in [5.41, 5.74) is 1.12. The number of carbonyl (C=O) groups excluding carboxylic acids is 1. The van der Waals surface area contributed by atoms with Gasteiger partial charge in [-0.1, -0.05) is 97.8 Å². The fourth-order valence-corrected chi connectivity index (χ4v) is 9.59. The minimum Gasteiger partial charge on any atom is -0.497 e. The van der Waals surface area contributed by atoms with Gasteiger partial charge >= 0.3 is 5.97 Å². The van der Waals surface area contributed by atoms with E-state index in [0.29, 0.717) is 39.1 Å². The molecule has 1 aromatic rings. The highest BCUT2D eigenvalue weighted by molar-refractivity contribution is 6.74. The van der Waals surface area contributed by atoms with Gasteiger partial charge in [-0.05, 0) is 100 Å². The zero-order valence-electron chi connectivity index (χ0n) is 39.9. The maximum absolute atomic E-state index is 12.8. The summed E-state index contributed by atoms with van der Waals surface area (Å²) in [6, 6.07) is 8.14. The molecule has 0 N–H and O–H groups in total. The lowest BCUT2D eigenvalue weighted by atomic mass is 9.93. The van der Waals surface area contributed by atoms with Gasteiger partial charge in [0.25, 0.3) is 0 Å². The number of unbranched alkanes of at least 4 members (excludes halogenated alkanes) is 8. The van der Waals surface area contributed by atoms with Gasteiger partial charge in [0.2, 0.25) is 0 Å². The molecule has 61 heavy (non-hydrogen) atoms. The van der Waals surface area contributed by atoms with E-state index < -0.39 is 14.1 Å². The Morgan fingerprint density at radius 3 is 2.20 bits per heavy atom. The molecule has 3 fully saturated rings. The van der Waals surface area contributed by atoms with Crippen LogP contribution in [0.25, 0.3) is 0 Å². The Hall–Kier alpha value is -1.99. The maximum Gasteiger partial charge on any atom is 0.306 e. The third kappa shape index (κ3) is 18.6. The van der Waals surface area contributed by atoms with Gasteiger partial charge in [0.1, 0.15) is 18.0 Å². The zero-order valence-corrected chi connectivity index (χ0v) is 40.9. The minimum atomic E-state index is -1.71. The highest BCUT2D eigenvalue weighted by Gasteiger charge is 2.53. The van der Waals surface area contributed by atoms with Crippen molar-refractivity contribution in [3.63, 3.8) is 0 Å². The van der Waals surface area contributed by atoms with E-state index in [-0.39, 0.29) is 53.7 Å². The number of ether oxygens (including phenoxy) is 8. The van der Waals surface area contributed by atoms with Crippen molar-refractivity contribution in [3.8, 4) is 5.75 Å². The highest BCUT2D eigenvalue weighted by atomic mass is 28.4. The van der Waals surface area contributed by atoms with Gasteiger partial charge in [0.15, 0.2) is 20.4 Å². The number of rotatable bonds is 31.